The summed E-state index contributed by atoms with van der Waals surface area (Å²) in [5.74, 6) is 0.934. The van der Waals surface area contributed by atoms with Crippen LogP contribution in [0, 0.1) is 11.3 Å². The highest BCUT2D eigenvalue weighted by Gasteiger charge is 2.40. The van der Waals surface area contributed by atoms with E-state index >= 15 is 0 Å². The Morgan fingerprint density at radius 1 is 1.11 bits per heavy atom. The molecule has 1 saturated carbocycles. The number of rotatable bonds is 3. The molecule has 0 aromatic rings. The van der Waals surface area contributed by atoms with Gasteiger partial charge >= 0.3 is 0 Å². The van der Waals surface area contributed by atoms with Gasteiger partial charge in [0.15, 0.2) is 0 Å². The van der Waals surface area contributed by atoms with Crippen LogP contribution in [0.4, 0.5) is 0 Å². The molecule has 0 spiro atoms. The van der Waals surface area contributed by atoms with Crippen molar-refractivity contribution in [2.75, 3.05) is 13.6 Å². The monoisotopic (exact) mass is 250 g/mol. The Hall–Kier alpha value is -0.0800. The predicted octanol–water partition coefficient (Wildman–Crippen LogP) is 3.03. The highest BCUT2D eigenvalue weighted by Crippen LogP contribution is 2.38. The molecule has 104 valence electrons. The number of nitrogens with one attached hydrogen (secondary N) is 1. The van der Waals surface area contributed by atoms with Crippen LogP contribution in [0.5, 0.6) is 0 Å². The summed E-state index contributed by atoms with van der Waals surface area (Å²) in [5.41, 5.74) is 0.603. The third kappa shape index (κ3) is 2.60. The Balaban J connectivity index is 1.48. The third-order valence-corrected chi connectivity index (χ3v) is 5.89. The summed E-state index contributed by atoms with van der Waals surface area (Å²) in [5, 5.41) is 3.77. The van der Waals surface area contributed by atoms with Crippen LogP contribution in [0.25, 0.3) is 0 Å². The lowest BCUT2D eigenvalue weighted by Crippen LogP contribution is -2.41. The van der Waals surface area contributed by atoms with E-state index in [0.717, 1.165) is 24.0 Å². The molecule has 1 N–H and O–H groups in total. The zero-order chi connectivity index (χ0) is 12.8. The van der Waals surface area contributed by atoms with E-state index in [4.69, 9.17) is 0 Å². The molecule has 2 nitrogen and oxygen atoms in total. The van der Waals surface area contributed by atoms with Crippen LogP contribution >= 0.6 is 0 Å². The normalized spacial score (nSPS) is 39.7. The fourth-order valence-corrected chi connectivity index (χ4v) is 4.48. The van der Waals surface area contributed by atoms with Gasteiger partial charge in [0.05, 0.1) is 0 Å². The maximum absolute atomic E-state index is 3.77. The molecule has 3 atom stereocenters. The molecule has 0 amide bonds. The van der Waals surface area contributed by atoms with Crippen molar-refractivity contribution in [3.8, 4) is 0 Å². The SMILES string of the molecule is CN(CC1CC2CCC1N2)C1CCC(C)(C)CC1. The maximum atomic E-state index is 3.77. The first-order valence-corrected chi connectivity index (χ1v) is 8.00. The van der Waals surface area contributed by atoms with Crippen molar-refractivity contribution >= 4 is 0 Å². The van der Waals surface area contributed by atoms with E-state index in [1.807, 2.05) is 0 Å². The van der Waals surface area contributed by atoms with Crippen LogP contribution in [-0.2, 0) is 0 Å². The Bertz CT molecular complexity index is 289. The third-order valence-electron chi connectivity index (χ3n) is 5.89. The highest BCUT2D eigenvalue weighted by molar-refractivity contribution is 4.98. The Labute approximate surface area is 113 Å². The molecule has 0 radical (unpaired) electrons. The summed E-state index contributed by atoms with van der Waals surface area (Å²) < 4.78 is 0. The summed E-state index contributed by atoms with van der Waals surface area (Å²) in [6.07, 6.45) is 9.96. The van der Waals surface area contributed by atoms with Crippen molar-refractivity contribution in [3.63, 3.8) is 0 Å². The molecular weight excluding hydrogens is 220 g/mol. The minimum Gasteiger partial charge on any atom is -0.311 e. The van der Waals surface area contributed by atoms with Gasteiger partial charge in [0.1, 0.15) is 0 Å². The molecule has 1 aliphatic carbocycles. The Kier molecular flexibility index (Phi) is 3.44. The molecule has 3 rings (SSSR count). The van der Waals surface area contributed by atoms with Crippen LogP contribution in [0.2, 0.25) is 0 Å². The molecular formula is C16H30N2. The number of fused-ring (bicyclic) bond motifs is 2. The largest absolute Gasteiger partial charge is 0.311 e. The van der Waals surface area contributed by atoms with Gasteiger partial charge in [-0.3, -0.25) is 0 Å². The fraction of sp³-hybridized carbons (Fsp3) is 1.00. The van der Waals surface area contributed by atoms with Gasteiger partial charge in [-0.05, 0) is 63.3 Å². The smallest absolute Gasteiger partial charge is 0.0111 e. The van der Waals surface area contributed by atoms with E-state index in [9.17, 15) is 0 Å². The minimum absolute atomic E-state index is 0.603. The molecule has 2 heterocycles. The first-order chi connectivity index (χ1) is 8.53. The zero-order valence-electron chi connectivity index (χ0n) is 12.4. The number of nitrogens with zero attached hydrogens (tertiary/aromatic N) is 1. The van der Waals surface area contributed by atoms with E-state index in [1.54, 1.807) is 0 Å². The van der Waals surface area contributed by atoms with Gasteiger partial charge in [0, 0.05) is 24.7 Å². The summed E-state index contributed by atoms with van der Waals surface area (Å²) in [7, 11) is 2.37. The van der Waals surface area contributed by atoms with Crippen molar-refractivity contribution < 1.29 is 0 Å². The number of hydrogen-bond acceptors (Lipinski definition) is 2. The van der Waals surface area contributed by atoms with E-state index in [2.05, 4.69) is 31.1 Å². The average molecular weight is 250 g/mol. The number of hydrogen-bond donors (Lipinski definition) is 1. The predicted molar refractivity (Wildman–Crippen MR) is 76.7 cm³/mol. The lowest BCUT2D eigenvalue weighted by molar-refractivity contribution is 0.110. The van der Waals surface area contributed by atoms with Crippen LogP contribution < -0.4 is 5.32 Å². The standard InChI is InChI=1S/C16H30N2/c1-16(2)8-6-14(7-9-16)18(3)11-12-10-13-4-5-15(12)17-13/h12-15,17H,4-11H2,1-3H3. The van der Waals surface area contributed by atoms with Gasteiger partial charge in [-0.1, -0.05) is 13.8 Å². The highest BCUT2D eigenvalue weighted by atomic mass is 15.1. The summed E-state index contributed by atoms with van der Waals surface area (Å²) in [6, 6.07) is 2.56. The van der Waals surface area contributed by atoms with Gasteiger partial charge < -0.3 is 10.2 Å². The van der Waals surface area contributed by atoms with Crippen LogP contribution in [0.3, 0.4) is 0 Å². The first kappa shape index (κ1) is 12.9. The Morgan fingerprint density at radius 3 is 2.39 bits per heavy atom. The zero-order valence-corrected chi connectivity index (χ0v) is 12.4. The fourth-order valence-electron chi connectivity index (χ4n) is 4.48. The second-order valence-electron chi connectivity index (χ2n) is 7.88. The van der Waals surface area contributed by atoms with Crippen molar-refractivity contribution in [1.29, 1.82) is 0 Å². The van der Waals surface area contributed by atoms with Crippen molar-refractivity contribution in [3.05, 3.63) is 0 Å². The van der Waals surface area contributed by atoms with Gasteiger partial charge in [0.25, 0.3) is 0 Å². The van der Waals surface area contributed by atoms with Crippen molar-refractivity contribution in [2.45, 2.75) is 76.9 Å². The molecule has 0 aromatic carbocycles. The maximum Gasteiger partial charge on any atom is 0.0111 e. The van der Waals surface area contributed by atoms with E-state index < -0.39 is 0 Å². The van der Waals surface area contributed by atoms with Gasteiger partial charge in [-0.2, -0.15) is 0 Å². The van der Waals surface area contributed by atoms with E-state index in [-0.39, 0.29) is 0 Å². The van der Waals surface area contributed by atoms with Crippen molar-refractivity contribution in [1.82, 2.24) is 10.2 Å². The van der Waals surface area contributed by atoms with E-state index in [1.165, 1.54) is 51.5 Å². The lowest BCUT2D eigenvalue weighted by Gasteiger charge is -2.40. The Morgan fingerprint density at radius 2 is 1.83 bits per heavy atom. The van der Waals surface area contributed by atoms with Crippen LogP contribution in [0.1, 0.15) is 58.8 Å². The average Bonchev–Trinajstić information content (AvgIpc) is 2.90. The molecule has 2 bridgehead atoms. The van der Waals surface area contributed by atoms with Gasteiger partial charge in [-0.15, -0.1) is 0 Å². The quantitative estimate of drug-likeness (QED) is 0.828. The molecule has 2 aliphatic heterocycles. The summed E-state index contributed by atoms with van der Waals surface area (Å²) in [4.78, 5) is 2.68. The summed E-state index contributed by atoms with van der Waals surface area (Å²) in [6.45, 7) is 6.20. The topological polar surface area (TPSA) is 15.3 Å². The van der Waals surface area contributed by atoms with Crippen molar-refractivity contribution in [2.24, 2.45) is 11.3 Å². The van der Waals surface area contributed by atoms with E-state index in [0.29, 0.717) is 5.41 Å². The lowest BCUT2D eigenvalue weighted by atomic mass is 9.75. The van der Waals surface area contributed by atoms with Gasteiger partial charge in [-0.25, -0.2) is 0 Å². The molecule has 3 aliphatic rings. The molecule has 3 unspecified atom stereocenters. The van der Waals surface area contributed by atoms with Crippen LogP contribution in [-0.4, -0.2) is 36.6 Å². The molecule has 0 aromatic heterocycles. The summed E-state index contributed by atoms with van der Waals surface area (Å²) >= 11 is 0. The van der Waals surface area contributed by atoms with Crippen LogP contribution in [0.15, 0.2) is 0 Å². The van der Waals surface area contributed by atoms with Gasteiger partial charge in [0.2, 0.25) is 0 Å². The molecule has 18 heavy (non-hydrogen) atoms. The second-order valence-corrected chi connectivity index (χ2v) is 7.88. The minimum atomic E-state index is 0.603. The molecule has 2 saturated heterocycles. The molecule has 3 fully saturated rings. The second kappa shape index (κ2) is 4.79. The first-order valence-electron chi connectivity index (χ1n) is 8.00. The molecule has 2 heteroatoms.